The maximum absolute atomic E-state index is 13.1. The summed E-state index contributed by atoms with van der Waals surface area (Å²) in [6.07, 6.45) is 7.27. The topological polar surface area (TPSA) is 53.4 Å². The quantitative estimate of drug-likeness (QED) is 0.595. The maximum Gasteiger partial charge on any atom is 0.274 e. The number of hydrogen-bond donors (Lipinski definition) is 1. The Kier molecular flexibility index (Phi) is 6.48. The second kappa shape index (κ2) is 8.82. The molecule has 0 radical (unpaired) electrons. The normalized spacial score (nSPS) is 20.8. The number of nitrogens with zero attached hydrogens (tertiary/aromatic N) is 4. The van der Waals surface area contributed by atoms with Crippen LogP contribution in [-0.2, 0) is 19.4 Å². The lowest BCUT2D eigenvalue weighted by atomic mass is 9.91. The van der Waals surface area contributed by atoms with Gasteiger partial charge in [0, 0.05) is 43.5 Å². The summed E-state index contributed by atoms with van der Waals surface area (Å²) in [6.45, 7) is 11.2. The van der Waals surface area contributed by atoms with E-state index < -0.39 is 0 Å². The molecule has 1 aromatic heterocycles. The van der Waals surface area contributed by atoms with Gasteiger partial charge >= 0.3 is 0 Å². The van der Waals surface area contributed by atoms with Gasteiger partial charge in [0.05, 0.1) is 6.54 Å². The summed E-state index contributed by atoms with van der Waals surface area (Å²) in [5.41, 5.74) is 3.07. The molecule has 1 unspecified atom stereocenters. The lowest BCUT2D eigenvalue weighted by Crippen LogP contribution is -2.47. The third-order valence-corrected chi connectivity index (χ3v) is 5.61. The fourth-order valence-corrected chi connectivity index (χ4v) is 3.95. The SMILES string of the molecule is C=CCn1nc(C(=O)N2CCN(C)CC2)c2c1CCC(NCCCC)C2. The number of carbonyl (C=O) groups excluding carboxylic acids is 1. The van der Waals surface area contributed by atoms with Crippen LogP contribution in [0.25, 0.3) is 0 Å². The number of hydrogen-bond acceptors (Lipinski definition) is 4. The summed E-state index contributed by atoms with van der Waals surface area (Å²) in [5, 5.41) is 8.39. The Bertz CT molecular complexity index is 630. The Hall–Kier alpha value is -1.66. The minimum absolute atomic E-state index is 0.103. The first-order valence-electron chi connectivity index (χ1n) is 10.0. The summed E-state index contributed by atoms with van der Waals surface area (Å²) in [4.78, 5) is 17.4. The molecular formula is C20H33N5O. The first-order valence-corrected chi connectivity index (χ1v) is 10.0. The number of amides is 1. The molecule has 1 amide bonds. The van der Waals surface area contributed by atoms with Crippen molar-refractivity contribution in [3.8, 4) is 0 Å². The molecule has 0 spiro atoms. The van der Waals surface area contributed by atoms with Crippen molar-refractivity contribution in [1.29, 1.82) is 0 Å². The number of aromatic nitrogens is 2. The van der Waals surface area contributed by atoms with E-state index in [1.165, 1.54) is 18.5 Å². The molecule has 1 aliphatic heterocycles. The maximum atomic E-state index is 13.1. The number of likely N-dealkylation sites (N-methyl/N-ethyl adjacent to an activating group) is 1. The van der Waals surface area contributed by atoms with Crippen molar-refractivity contribution in [3.63, 3.8) is 0 Å². The van der Waals surface area contributed by atoms with Crippen LogP contribution < -0.4 is 5.32 Å². The smallest absolute Gasteiger partial charge is 0.274 e. The molecule has 3 rings (SSSR count). The lowest BCUT2D eigenvalue weighted by molar-refractivity contribution is 0.0656. The van der Waals surface area contributed by atoms with E-state index in [9.17, 15) is 4.79 Å². The van der Waals surface area contributed by atoms with Crippen molar-refractivity contribution in [3.05, 3.63) is 29.6 Å². The standard InChI is InChI=1S/C20H33N5O/c1-4-6-9-21-16-7-8-18-17(15-16)19(22-25(18)10-5-2)20(26)24-13-11-23(3)12-14-24/h5,16,21H,2,4,6-15H2,1,3H3. The third-order valence-electron chi connectivity index (χ3n) is 5.61. The van der Waals surface area contributed by atoms with E-state index in [1.807, 2.05) is 15.7 Å². The zero-order chi connectivity index (χ0) is 18.5. The number of allylic oxidation sites excluding steroid dienone is 1. The van der Waals surface area contributed by atoms with Gasteiger partial charge in [-0.1, -0.05) is 19.4 Å². The van der Waals surface area contributed by atoms with Crippen LogP contribution in [0.15, 0.2) is 12.7 Å². The Labute approximate surface area is 157 Å². The van der Waals surface area contributed by atoms with E-state index in [1.54, 1.807) is 0 Å². The fraction of sp³-hybridized carbons (Fsp3) is 0.700. The van der Waals surface area contributed by atoms with Crippen LogP contribution in [0.3, 0.4) is 0 Å². The molecule has 0 aromatic carbocycles. The second-order valence-electron chi connectivity index (χ2n) is 7.59. The van der Waals surface area contributed by atoms with Crippen LogP contribution in [0, 0.1) is 0 Å². The molecule has 1 N–H and O–H groups in total. The molecule has 0 saturated carbocycles. The van der Waals surface area contributed by atoms with Gasteiger partial charge in [-0.3, -0.25) is 9.48 Å². The molecule has 1 fully saturated rings. The molecular weight excluding hydrogens is 326 g/mol. The molecule has 0 bridgehead atoms. The van der Waals surface area contributed by atoms with Gasteiger partial charge in [0.25, 0.3) is 5.91 Å². The minimum atomic E-state index is 0.103. The van der Waals surface area contributed by atoms with Crippen LogP contribution in [0.5, 0.6) is 0 Å². The largest absolute Gasteiger partial charge is 0.335 e. The van der Waals surface area contributed by atoms with Crippen molar-refractivity contribution in [1.82, 2.24) is 24.9 Å². The zero-order valence-electron chi connectivity index (χ0n) is 16.3. The molecule has 1 aliphatic carbocycles. The number of rotatable bonds is 7. The van der Waals surface area contributed by atoms with Gasteiger partial charge in [-0.15, -0.1) is 6.58 Å². The Morgan fingerprint density at radius 1 is 1.35 bits per heavy atom. The van der Waals surface area contributed by atoms with Gasteiger partial charge in [-0.25, -0.2) is 0 Å². The summed E-state index contributed by atoms with van der Waals surface area (Å²) < 4.78 is 1.99. The lowest BCUT2D eigenvalue weighted by Gasteiger charge is -2.32. The van der Waals surface area contributed by atoms with Gasteiger partial charge in [0.2, 0.25) is 0 Å². The van der Waals surface area contributed by atoms with Crippen molar-refractivity contribution < 1.29 is 4.79 Å². The highest BCUT2D eigenvalue weighted by Gasteiger charge is 2.31. The van der Waals surface area contributed by atoms with Crippen molar-refractivity contribution in [2.45, 2.75) is 51.6 Å². The minimum Gasteiger partial charge on any atom is -0.335 e. The molecule has 6 heteroatoms. The molecule has 2 aliphatic rings. The molecule has 2 heterocycles. The van der Waals surface area contributed by atoms with Gasteiger partial charge < -0.3 is 15.1 Å². The Morgan fingerprint density at radius 2 is 2.12 bits per heavy atom. The summed E-state index contributed by atoms with van der Waals surface area (Å²) in [5.74, 6) is 0.103. The molecule has 144 valence electrons. The van der Waals surface area contributed by atoms with Gasteiger partial charge in [0.1, 0.15) is 0 Å². The highest BCUT2D eigenvalue weighted by molar-refractivity contribution is 5.94. The molecule has 26 heavy (non-hydrogen) atoms. The van der Waals surface area contributed by atoms with Gasteiger partial charge in [-0.2, -0.15) is 5.10 Å². The monoisotopic (exact) mass is 359 g/mol. The highest BCUT2D eigenvalue weighted by atomic mass is 16.2. The molecule has 1 saturated heterocycles. The first kappa shape index (κ1) is 19.1. The Balaban J connectivity index is 1.79. The number of carbonyl (C=O) groups is 1. The van der Waals surface area contributed by atoms with E-state index >= 15 is 0 Å². The predicted octanol–water partition coefficient (Wildman–Crippen LogP) is 1.70. The van der Waals surface area contributed by atoms with Crippen molar-refractivity contribution in [2.24, 2.45) is 0 Å². The summed E-state index contributed by atoms with van der Waals surface area (Å²) in [7, 11) is 2.11. The van der Waals surface area contributed by atoms with E-state index in [0.29, 0.717) is 18.3 Å². The molecule has 6 nitrogen and oxygen atoms in total. The molecule has 1 atom stereocenters. The van der Waals surface area contributed by atoms with E-state index in [2.05, 4.69) is 30.8 Å². The van der Waals surface area contributed by atoms with Crippen molar-refractivity contribution in [2.75, 3.05) is 39.8 Å². The number of nitrogens with one attached hydrogen (secondary N) is 1. The molecule has 1 aromatic rings. The van der Waals surface area contributed by atoms with Crippen LogP contribution in [-0.4, -0.2) is 71.3 Å². The summed E-state index contributed by atoms with van der Waals surface area (Å²) in [6, 6.07) is 0.453. The number of piperazine rings is 1. The average Bonchev–Trinajstić information content (AvgIpc) is 3.00. The summed E-state index contributed by atoms with van der Waals surface area (Å²) >= 11 is 0. The van der Waals surface area contributed by atoms with Crippen LogP contribution in [0.2, 0.25) is 0 Å². The predicted molar refractivity (Wildman–Crippen MR) is 105 cm³/mol. The second-order valence-corrected chi connectivity index (χ2v) is 7.59. The van der Waals surface area contributed by atoms with E-state index in [0.717, 1.165) is 57.5 Å². The number of fused-ring (bicyclic) bond motifs is 1. The average molecular weight is 360 g/mol. The third kappa shape index (κ3) is 4.18. The zero-order valence-corrected chi connectivity index (χ0v) is 16.3. The first-order chi connectivity index (χ1) is 12.6. The van der Waals surface area contributed by atoms with E-state index in [-0.39, 0.29) is 5.91 Å². The van der Waals surface area contributed by atoms with Crippen LogP contribution in [0.1, 0.15) is 47.9 Å². The number of unbranched alkanes of at least 4 members (excludes halogenated alkanes) is 1. The van der Waals surface area contributed by atoms with Gasteiger partial charge in [-0.05, 0) is 39.3 Å². The van der Waals surface area contributed by atoms with Crippen molar-refractivity contribution >= 4 is 5.91 Å². The highest BCUT2D eigenvalue weighted by Crippen LogP contribution is 2.26. The Morgan fingerprint density at radius 3 is 2.81 bits per heavy atom. The van der Waals surface area contributed by atoms with E-state index in [4.69, 9.17) is 5.10 Å². The van der Waals surface area contributed by atoms with Crippen LogP contribution in [0.4, 0.5) is 0 Å². The van der Waals surface area contributed by atoms with Crippen LogP contribution >= 0.6 is 0 Å². The fourth-order valence-electron chi connectivity index (χ4n) is 3.95. The van der Waals surface area contributed by atoms with Gasteiger partial charge in [0.15, 0.2) is 5.69 Å².